The predicted octanol–water partition coefficient (Wildman–Crippen LogP) is 4.17. The van der Waals surface area contributed by atoms with Crippen molar-refractivity contribution in [2.75, 3.05) is 18.5 Å². The van der Waals surface area contributed by atoms with Crippen LogP contribution in [0.25, 0.3) is 0 Å². The average Bonchev–Trinajstić information content (AvgIpc) is 3.15. The zero-order chi connectivity index (χ0) is 19.5. The lowest BCUT2D eigenvalue weighted by atomic mass is 10.1. The molecule has 0 saturated carbocycles. The number of halogens is 1. The van der Waals surface area contributed by atoms with Gasteiger partial charge in [-0.1, -0.05) is 42.8 Å². The minimum Gasteiger partial charge on any atom is -0.486 e. The maximum absolute atomic E-state index is 12.7. The molecule has 0 unspecified atom stereocenters. The summed E-state index contributed by atoms with van der Waals surface area (Å²) in [5.41, 5.74) is 2.79. The number of nitrogens with one attached hydrogen (secondary N) is 1. The Morgan fingerprint density at radius 3 is 2.68 bits per heavy atom. The van der Waals surface area contributed by atoms with Gasteiger partial charge in [0.05, 0.1) is 17.8 Å². The van der Waals surface area contributed by atoms with Gasteiger partial charge in [0.25, 0.3) is 5.91 Å². The number of carbonyl (C=O) groups excluding carboxylic acids is 1. The number of benzene rings is 2. The summed E-state index contributed by atoms with van der Waals surface area (Å²) >= 11 is 6.23. The van der Waals surface area contributed by atoms with Gasteiger partial charge >= 0.3 is 0 Å². The van der Waals surface area contributed by atoms with Crippen LogP contribution in [-0.2, 0) is 13.0 Å². The van der Waals surface area contributed by atoms with Crippen molar-refractivity contribution in [1.82, 2.24) is 9.78 Å². The molecule has 0 fully saturated rings. The van der Waals surface area contributed by atoms with Crippen molar-refractivity contribution in [3.8, 4) is 11.5 Å². The smallest absolute Gasteiger partial charge is 0.257 e. The Kier molecular flexibility index (Phi) is 5.21. The fourth-order valence-corrected chi connectivity index (χ4v) is 3.31. The highest BCUT2D eigenvalue weighted by Gasteiger charge is 2.20. The Morgan fingerprint density at radius 1 is 1.14 bits per heavy atom. The fraction of sp³-hybridized carbons (Fsp3) is 0.238. The number of fused-ring (bicyclic) bond motifs is 1. The van der Waals surface area contributed by atoms with E-state index in [4.69, 9.17) is 21.1 Å². The number of ether oxygens (including phenoxy) is 2. The second-order valence-electron chi connectivity index (χ2n) is 6.48. The van der Waals surface area contributed by atoms with Crippen LogP contribution in [0.5, 0.6) is 11.5 Å². The first-order chi connectivity index (χ1) is 13.6. The summed E-state index contributed by atoms with van der Waals surface area (Å²) in [6.45, 7) is 3.56. The molecule has 0 saturated heterocycles. The first-order valence-corrected chi connectivity index (χ1v) is 9.52. The van der Waals surface area contributed by atoms with Crippen molar-refractivity contribution in [3.05, 3.63) is 70.4 Å². The molecule has 0 radical (unpaired) electrons. The molecular formula is C21H20ClN3O3. The van der Waals surface area contributed by atoms with Gasteiger partial charge in [0, 0.05) is 11.6 Å². The van der Waals surface area contributed by atoms with Gasteiger partial charge in [-0.15, -0.1) is 0 Å². The first kappa shape index (κ1) is 18.4. The van der Waals surface area contributed by atoms with E-state index in [1.807, 2.05) is 0 Å². The van der Waals surface area contributed by atoms with Crippen molar-refractivity contribution in [2.45, 2.75) is 19.9 Å². The molecule has 0 bridgehead atoms. The van der Waals surface area contributed by atoms with E-state index in [0.717, 1.165) is 12.0 Å². The summed E-state index contributed by atoms with van der Waals surface area (Å²) in [6.07, 6.45) is 2.66. The lowest BCUT2D eigenvalue weighted by molar-refractivity contribution is 0.102. The molecule has 4 rings (SSSR count). The Morgan fingerprint density at radius 2 is 1.89 bits per heavy atom. The second kappa shape index (κ2) is 7.94. The SMILES string of the molecule is CCc1ccc(Cn2nccc2NC(=O)c2cc(Cl)c3c(c2)OCCO3)cc1. The normalized spacial score (nSPS) is 12.6. The van der Waals surface area contributed by atoms with Crippen molar-refractivity contribution in [1.29, 1.82) is 0 Å². The number of aromatic nitrogens is 2. The summed E-state index contributed by atoms with van der Waals surface area (Å²) in [5.74, 6) is 1.27. The predicted molar refractivity (Wildman–Crippen MR) is 108 cm³/mol. The number of hydrogen-bond donors (Lipinski definition) is 1. The van der Waals surface area contributed by atoms with Crippen LogP contribution in [0.2, 0.25) is 5.02 Å². The average molecular weight is 398 g/mol. The molecule has 3 aromatic rings. The van der Waals surface area contributed by atoms with Gasteiger partial charge < -0.3 is 14.8 Å². The van der Waals surface area contributed by atoms with E-state index >= 15 is 0 Å². The Hall–Kier alpha value is -2.99. The van der Waals surface area contributed by atoms with Gasteiger partial charge in [-0.05, 0) is 29.7 Å². The maximum atomic E-state index is 12.7. The minimum absolute atomic E-state index is 0.290. The lowest BCUT2D eigenvalue weighted by Crippen LogP contribution is -2.19. The lowest BCUT2D eigenvalue weighted by Gasteiger charge is -2.20. The molecule has 0 atom stereocenters. The molecule has 2 heterocycles. The van der Waals surface area contributed by atoms with Gasteiger partial charge in [-0.2, -0.15) is 5.10 Å². The third kappa shape index (κ3) is 3.82. The Bertz CT molecular complexity index is 999. The van der Waals surface area contributed by atoms with Crippen LogP contribution < -0.4 is 14.8 Å². The van der Waals surface area contributed by atoms with E-state index in [2.05, 4.69) is 41.6 Å². The summed E-state index contributed by atoms with van der Waals surface area (Å²) in [6, 6.07) is 13.3. The van der Waals surface area contributed by atoms with E-state index < -0.39 is 0 Å². The molecule has 1 aliphatic heterocycles. The van der Waals surface area contributed by atoms with Crippen LogP contribution in [0.4, 0.5) is 5.82 Å². The quantitative estimate of drug-likeness (QED) is 0.701. The second-order valence-corrected chi connectivity index (χ2v) is 6.89. The van der Waals surface area contributed by atoms with Crippen LogP contribution in [0, 0.1) is 0 Å². The van der Waals surface area contributed by atoms with Crippen LogP contribution >= 0.6 is 11.6 Å². The van der Waals surface area contributed by atoms with E-state index in [0.29, 0.717) is 47.7 Å². The molecule has 1 amide bonds. The molecule has 0 aliphatic carbocycles. The standard InChI is InChI=1S/C21H20ClN3O3/c1-2-14-3-5-15(6-4-14)13-25-19(7-8-23-25)24-21(26)16-11-17(22)20-18(12-16)27-9-10-28-20/h3-8,11-12H,2,9-10,13H2,1H3,(H,24,26). The number of carbonyl (C=O) groups is 1. The third-order valence-electron chi connectivity index (χ3n) is 4.58. The van der Waals surface area contributed by atoms with Gasteiger partial charge in [0.2, 0.25) is 0 Å². The molecule has 1 N–H and O–H groups in total. The Balaban J connectivity index is 1.51. The topological polar surface area (TPSA) is 65.4 Å². The number of anilines is 1. The fourth-order valence-electron chi connectivity index (χ4n) is 3.05. The summed E-state index contributed by atoms with van der Waals surface area (Å²) < 4.78 is 12.8. The van der Waals surface area contributed by atoms with E-state index in [1.165, 1.54) is 5.56 Å². The van der Waals surface area contributed by atoms with E-state index in [-0.39, 0.29) is 5.91 Å². The van der Waals surface area contributed by atoms with Crippen LogP contribution in [-0.4, -0.2) is 28.9 Å². The van der Waals surface area contributed by atoms with Crippen molar-refractivity contribution in [3.63, 3.8) is 0 Å². The molecular weight excluding hydrogens is 378 g/mol. The number of nitrogens with zero attached hydrogens (tertiary/aromatic N) is 2. The number of rotatable bonds is 5. The molecule has 2 aromatic carbocycles. The van der Waals surface area contributed by atoms with Crippen LogP contribution in [0.3, 0.4) is 0 Å². The molecule has 1 aromatic heterocycles. The van der Waals surface area contributed by atoms with Crippen molar-refractivity contribution < 1.29 is 14.3 Å². The highest BCUT2D eigenvalue weighted by molar-refractivity contribution is 6.32. The monoisotopic (exact) mass is 397 g/mol. The van der Waals surface area contributed by atoms with Gasteiger partial charge in [0.1, 0.15) is 19.0 Å². The molecule has 1 aliphatic rings. The highest BCUT2D eigenvalue weighted by atomic mass is 35.5. The number of aryl methyl sites for hydroxylation is 1. The van der Waals surface area contributed by atoms with Gasteiger partial charge in [-0.3, -0.25) is 4.79 Å². The van der Waals surface area contributed by atoms with Crippen LogP contribution in [0.15, 0.2) is 48.7 Å². The molecule has 0 spiro atoms. The summed E-state index contributed by atoms with van der Waals surface area (Å²) in [4.78, 5) is 12.7. The zero-order valence-electron chi connectivity index (χ0n) is 15.4. The van der Waals surface area contributed by atoms with Crippen molar-refractivity contribution >= 4 is 23.3 Å². The molecule has 7 heteroatoms. The molecule has 6 nitrogen and oxygen atoms in total. The summed E-state index contributed by atoms with van der Waals surface area (Å²) in [7, 11) is 0. The zero-order valence-corrected chi connectivity index (χ0v) is 16.2. The first-order valence-electron chi connectivity index (χ1n) is 9.14. The van der Waals surface area contributed by atoms with Gasteiger partial charge in [-0.25, -0.2) is 4.68 Å². The van der Waals surface area contributed by atoms with Crippen LogP contribution in [0.1, 0.15) is 28.4 Å². The minimum atomic E-state index is -0.290. The third-order valence-corrected chi connectivity index (χ3v) is 4.86. The number of amides is 1. The van der Waals surface area contributed by atoms with Gasteiger partial charge in [0.15, 0.2) is 11.5 Å². The van der Waals surface area contributed by atoms with E-state index in [1.54, 1.807) is 29.1 Å². The number of hydrogen-bond acceptors (Lipinski definition) is 4. The maximum Gasteiger partial charge on any atom is 0.257 e. The molecule has 144 valence electrons. The van der Waals surface area contributed by atoms with E-state index in [9.17, 15) is 4.79 Å². The highest BCUT2D eigenvalue weighted by Crippen LogP contribution is 2.38. The largest absolute Gasteiger partial charge is 0.486 e. The Labute approximate surface area is 168 Å². The summed E-state index contributed by atoms with van der Waals surface area (Å²) in [5, 5.41) is 7.56. The molecule has 28 heavy (non-hydrogen) atoms. The van der Waals surface area contributed by atoms with Crippen molar-refractivity contribution in [2.24, 2.45) is 0 Å².